The Morgan fingerprint density at radius 2 is 2.30 bits per heavy atom. The first-order valence-electron chi connectivity index (χ1n) is 3.15. The minimum atomic E-state index is -0.148. The minimum absolute atomic E-state index is 0.0694. The monoisotopic (exact) mass is 158 g/mol. The first-order valence-corrected chi connectivity index (χ1v) is 4.10. The number of hydrogen-bond acceptors (Lipinski definition) is 3. The van der Waals surface area contributed by atoms with E-state index in [1.165, 1.54) is 7.11 Å². The van der Waals surface area contributed by atoms with Crippen LogP contribution in [0.4, 0.5) is 0 Å². The second-order valence-corrected chi connectivity index (χ2v) is 3.69. The third-order valence-electron chi connectivity index (χ3n) is 1.35. The molecule has 2 atom stereocenters. The highest BCUT2D eigenvalue weighted by atomic mass is 32.2. The van der Waals surface area contributed by atoms with Gasteiger partial charge in [0.2, 0.25) is 0 Å². The Labute approximate surface area is 64.6 Å². The van der Waals surface area contributed by atoms with E-state index < -0.39 is 0 Å². The highest BCUT2D eigenvalue weighted by Crippen LogP contribution is 2.27. The molecule has 0 aromatic carbocycles. The van der Waals surface area contributed by atoms with Crippen molar-refractivity contribution >= 4 is 17.7 Å². The van der Waals surface area contributed by atoms with E-state index >= 15 is 0 Å². The van der Waals surface area contributed by atoms with Gasteiger partial charge in [0.05, 0.1) is 7.11 Å². The summed E-state index contributed by atoms with van der Waals surface area (Å²) < 4.78 is 4.57. The second kappa shape index (κ2) is 3.10. The number of carbonyl (C=O) groups excluding carboxylic acids is 1. The normalized spacial score (nSPS) is 30.6. The van der Waals surface area contributed by atoms with Crippen LogP contribution in [-0.2, 0) is 9.53 Å². The highest BCUT2D eigenvalue weighted by molar-refractivity contribution is 8.01. The van der Waals surface area contributed by atoms with Crippen LogP contribution in [0.2, 0.25) is 0 Å². The van der Waals surface area contributed by atoms with Crippen molar-refractivity contribution in [2.45, 2.75) is 17.4 Å². The van der Waals surface area contributed by atoms with Gasteiger partial charge in [-0.1, -0.05) is 12.2 Å². The zero-order valence-electron chi connectivity index (χ0n) is 6.03. The molecule has 3 heteroatoms. The first kappa shape index (κ1) is 7.66. The van der Waals surface area contributed by atoms with E-state index in [1.807, 2.05) is 12.2 Å². The maximum atomic E-state index is 10.9. The summed E-state index contributed by atoms with van der Waals surface area (Å²) in [7, 11) is 1.42. The fourth-order valence-electron chi connectivity index (χ4n) is 0.830. The quantitative estimate of drug-likeness (QED) is 0.424. The van der Waals surface area contributed by atoms with Crippen molar-refractivity contribution in [1.29, 1.82) is 0 Å². The number of methoxy groups -OCH3 is 1. The van der Waals surface area contributed by atoms with Gasteiger partial charge in [-0.15, -0.1) is 11.8 Å². The average Bonchev–Trinajstić information content (AvgIpc) is 2.34. The lowest BCUT2D eigenvalue weighted by Crippen LogP contribution is -2.14. The van der Waals surface area contributed by atoms with Crippen molar-refractivity contribution in [2.75, 3.05) is 7.11 Å². The summed E-state index contributed by atoms with van der Waals surface area (Å²) in [4.78, 5) is 10.9. The van der Waals surface area contributed by atoms with Crippen LogP contribution in [-0.4, -0.2) is 23.6 Å². The fourth-order valence-corrected chi connectivity index (χ4v) is 1.86. The smallest absolute Gasteiger partial charge is 0.322 e. The van der Waals surface area contributed by atoms with Crippen LogP contribution >= 0.6 is 11.8 Å². The van der Waals surface area contributed by atoms with Crippen LogP contribution in [0.5, 0.6) is 0 Å². The van der Waals surface area contributed by atoms with Gasteiger partial charge in [-0.2, -0.15) is 0 Å². The average molecular weight is 158 g/mol. The Bertz CT molecular complexity index is 165. The van der Waals surface area contributed by atoms with E-state index in [1.54, 1.807) is 11.8 Å². The topological polar surface area (TPSA) is 26.3 Å². The van der Waals surface area contributed by atoms with E-state index in [-0.39, 0.29) is 11.2 Å². The third-order valence-corrected chi connectivity index (χ3v) is 2.58. The van der Waals surface area contributed by atoms with Crippen LogP contribution in [0.1, 0.15) is 6.92 Å². The van der Waals surface area contributed by atoms with Crippen molar-refractivity contribution in [3.05, 3.63) is 12.2 Å². The number of thioether (sulfide) groups is 1. The van der Waals surface area contributed by atoms with E-state index in [4.69, 9.17) is 0 Å². The fraction of sp³-hybridized carbons (Fsp3) is 0.571. The van der Waals surface area contributed by atoms with Gasteiger partial charge in [0.1, 0.15) is 5.25 Å². The lowest BCUT2D eigenvalue weighted by molar-refractivity contribution is -0.138. The number of carbonyl (C=O) groups is 1. The molecule has 10 heavy (non-hydrogen) atoms. The van der Waals surface area contributed by atoms with Crippen molar-refractivity contribution in [3.63, 3.8) is 0 Å². The molecule has 1 rings (SSSR count). The van der Waals surface area contributed by atoms with E-state index in [9.17, 15) is 4.79 Å². The zero-order valence-corrected chi connectivity index (χ0v) is 6.85. The van der Waals surface area contributed by atoms with Gasteiger partial charge in [0.25, 0.3) is 0 Å². The third kappa shape index (κ3) is 1.53. The summed E-state index contributed by atoms with van der Waals surface area (Å²) in [5, 5.41) is 0.379. The summed E-state index contributed by atoms with van der Waals surface area (Å²) in [5.74, 6) is -0.148. The summed E-state index contributed by atoms with van der Waals surface area (Å²) >= 11 is 1.61. The SMILES string of the molecule is COC(=O)[C@H]1C=C[C@@H](C)S1. The van der Waals surface area contributed by atoms with Gasteiger partial charge in [-0.3, -0.25) is 4.79 Å². The Morgan fingerprint density at radius 3 is 2.70 bits per heavy atom. The van der Waals surface area contributed by atoms with Crippen molar-refractivity contribution in [3.8, 4) is 0 Å². The Balaban J connectivity index is 2.46. The molecule has 0 fully saturated rings. The molecular weight excluding hydrogens is 148 g/mol. The van der Waals surface area contributed by atoms with E-state index in [0.29, 0.717) is 5.25 Å². The lowest BCUT2D eigenvalue weighted by atomic mass is 10.3. The van der Waals surface area contributed by atoms with Crippen molar-refractivity contribution < 1.29 is 9.53 Å². The Kier molecular flexibility index (Phi) is 2.38. The molecular formula is C7H10O2S. The molecule has 0 amide bonds. The lowest BCUT2D eigenvalue weighted by Gasteiger charge is -2.04. The van der Waals surface area contributed by atoms with Gasteiger partial charge in [0.15, 0.2) is 0 Å². The van der Waals surface area contributed by atoms with Crippen molar-refractivity contribution in [1.82, 2.24) is 0 Å². The molecule has 0 saturated carbocycles. The van der Waals surface area contributed by atoms with Gasteiger partial charge >= 0.3 is 5.97 Å². The molecule has 0 N–H and O–H groups in total. The molecule has 2 nitrogen and oxygen atoms in total. The molecule has 0 aromatic rings. The molecule has 1 aliphatic heterocycles. The molecule has 0 aromatic heterocycles. The zero-order chi connectivity index (χ0) is 7.56. The highest BCUT2D eigenvalue weighted by Gasteiger charge is 2.22. The van der Waals surface area contributed by atoms with Crippen LogP contribution in [0, 0.1) is 0 Å². The molecule has 0 spiro atoms. The summed E-state index contributed by atoms with van der Waals surface area (Å²) in [6, 6.07) is 0. The van der Waals surface area contributed by atoms with Crippen LogP contribution in [0.25, 0.3) is 0 Å². The van der Waals surface area contributed by atoms with Crippen LogP contribution < -0.4 is 0 Å². The standard InChI is InChI=1S/C7H10O2S/c1-5-3-4-6(10-5)7(8)9-2/h3-6H,1-2H3/t5-,6-/m1/s1. The van der Waals surface area contributed by atoms with E-state index in [0.717, 1.165) is 0 Å². The molecule has 1 heterocycles. The largest absolute Gasteiger partial charge is 0.468 e. The predicted octanol–water partition coefficient (Wildman–Crippen LogP) is 1.22. The van der Waals surface area contributed by atoms with E-state index in [2.05, 4.69) is 11.7 Å². The van der Waals surface area contributed by atoms with Crippen LogP contribution in [0.3, 0.4) is 0 Å². The maximum absolute atomic E-state index is 10.9. The predicted molar refractivity (Wildman–Crippen MR) is 42.0 cm³/mol. The molecule has 0 unspecified atom stereocenters. The Morgan fingerprint density at radius 1 is 1.60 bits per heavy atom. The first-order chi connectivity index (χ1) is 4.74. The van der Waals surface area contributed by atoms with Gasteiger partial charge in [0, 0.05) is 5.25 Å². The Hall–Kier alpha value is -0.440. The molecule has 0 saturated heterocycles. The molecule has 1 aliphatic rings. The molecule has 56 valence electrons. The van der Waals surface area contributed by atoms with Gasteiger partial charge < -0.3 is 4.74 Å². The summed E-state index contributed by atoms with van der Waals surface area (Å²) in [5.41, 5.74) is 0. The number of ether oxygens (including phenoxy) is 1. The maximum Gasteiger partial charge on any atom is 0.322 e. The summed E-state index contributed by atoms with van der Waals surface area (Å²) in [6.45, 7) is 2.06. The number of rotatable bonds is 1. The van der Waals surface area contributed by atoms with Crippen LogP contribution in [0.15, 0.2) is 12.2 Å². The minimum Gasteiger partial charge on any atom is -0.468 e. The van der Waals surface area contributed by atoms with Crippen molar-refractivity contribution in [2.24, 2.45) is 0 Å². The number of esters is 1. The molecule has 0 radical (unpaired) electrons. The van der Waals surface area contributed by atoms with Gasteiger partial charge in [-0.05, 0) is 6.92 Å². The molecule has 0 bridgehead atoms. The summed E-state index contributed by atoms with van der Waals surface area (Å²) in [6.07, 6.45) is 3.91. The number of hydrogen-bond donors (Lipinski definition) is 0. The molecule has 0 aliphatic carbocycles. The van der Waals surface area contributed by atoms with Gasteiger partial charge in [-0.25, -0.2) is 0 Å². The second-order valence-electron chi connectivity index (χ2n) is 2.17.